The van der Waals surface area contributed by atoms with Crippen LogP contribution in [0.4, 0.5) is 0 Å². The van der Waals surface area contributed by atoms with Crippen molar-refractivity contribution < 1.29 is 4.43 Å². The fourth-order valence-corrected chi connectivity index (χ4v) is 4.87. The summed E-state index contributed by atoms with van der Waals surface area (Å²) in [5.41, 5.74) is 4.16. The van der Waals surface area contributed by atoms with Gasteiger partial charge in [0.05, 0.1) is 17.6 Å². The Bertz CT molecular complexity index is 1150. The monoisotopic (exact) mass is 447 g/mol. The molecule has 1 radical (unpaired) electrons. The van der Waals surface area contributed by atoms with Gasteiger partial charge in [-0.3, -0.25) is 0 Å². The van der Waals surface area contributed by atoms with Crippen molar-refractivity contribution in [1.29, 1.82) is 5.26 Å². The first-order chi connectivity index (χ1) is 14.8. The Kier molecular flexibility index (Phi) is 6.64. The van der Waals surface area contributed by atoms with Crippen LogP contribution in [-0.2, 0) is 9.84 Å². The van der Waals surface area contributed by atoms with Gasteiger partial charge < -0.3 is 4.43 Å². The van der Waals surface area contributed by atoms with Gasteiger partial charge in [0.15, 0.2) is 11.5 Å². The van der Waals surface area contributed by atoms with Crippen LogP contribution in [-0.4, -0.2) is 23.6 Å². The summed E-state index contributed by atoms with van der Waals surface area (Å²) in [5.74, 6) is 1.03. The topological polar surface area (TPSA) is 63.2 Å². The van der Waals surface area contributed by atoms with Crippen molar-refractivity contribution in [2.75, 3.05) is 0 Å². The SMILES string of the molecule is CC(C)c1nc2c(-c3ccccc3C(C)(C)C#N)cc(C(O[Si](C)C)C(C)(C)C)cn2n1. The van der Waals surface area contributed by atoms with Gasteiger partial charge in [-0.15, -0.1) is 0 Å². The van der Waals surface area contributed by atoms with E-state index >= 15 is 0 Å². The van der Waals surface area contributed by atoms with E-state index in [1.165, 1.54) is 0 Å². The van der Waals surface area contributed by atoms with E-state index in [0.29, 0.717) is 0 Å². The molecular formula is C26H35N4OSi. The quantitative estimate of drug-likeness (QED) is 0.396. The number of hydrogen-bond acceptors (Lipinski definition) is 4. The summed E-state index contributed by atoms with van der Waals surface area (Å²) < 4.78 is 8.40. The van der Waals surface area contributed by atoms with E-state index in [-0.39, 0.29) is 17.4 Å². The van der Waals surface area contributed by atoms with E-state index in [2.05, 4.69) is 72.1 Å². The minimum absolute atomic E-state index is 0.0719. The number of hydrogen-bond donors (Lipinski definition) is 0. The first-order valence-electron chi connectivity index (χ1n) is 11.2. The molecule has 0 spiro atoms. The van der Waals surface area contributed by atoms with E-state index in [0.717, 1.165) is 33.7 Å². The van der Waals surface area contributed by atoms with Crippen LogP contribution in [0.5, 0.6) is 0 Å². The van der Waals surface area contributed by atoms with Gasteiger partial charge in [0.25, 0.3) is 0 Å². The van der Waals surface area contributed by atoms with E-state index < -0.39 is 14.5 Å². The number of aromatic nitrogens is 3. The molecule has 0 aliphatic heterocycles. The predicted molar refractivity (Wildman–Crippen MR) is 132 cm³/mol. The molecule has 6 heteroatoms. The summed E-state index contributed by atoms with van der Waals surface area (Å²) in [6.45, 7) is 19.1. The molecule has 0 aliphatic carbocycles. The number of fused-ring (bicyclic) bond motifs is 1. The van der Waals surface area contributed by atoms with Crippen LogP contribution in [0.3, 0.4) is 0 Å². The average molecular weight is 448 g/mol. The Morgan fingerprint density at radius 1 is 1.06 bits per heavy atom. The minimum Gasteiger partial charge on any atom is -0.410 e. The van der Waals surface area contributed by atoms with Crippen molar-refractivity contribution in [3.05, 3.63) is 53.5 Å². The maximum Gasteiger partial charge on any atom is 0.205 e. The van der Waals surface area contributed by atoms with Crippen LogP contribution in [0.15, 0.2) is 36.5 Å². The number of pyridine rings is 1. The van der Waals surface area contributed by atoms with Gasteiger partial charge in [0.2, 0.25) is 9.04 Å². The molecule has 2 heterocycles. The van der Waals surface area contributed by atoms with Gasteiger partial charge in [-0.05, 0) is 55.1 Å². The van der Waals surface area contributed by atoms with E-state index in [4.69, 9.17) is 14.5 Å². The zero-order valence-corrected chi connectivity index (χ0v) is 21.8. The second-order valence-electron chi connectivity index (χ2n) is 10.6. The Balaban J connectivity index is 2.37. The highest BCUT2D eigenvalue weighted by atomic mass is 28.3. The molecule has 0 amide bonds. The number of nitrogens with zero attached hydrogens (tertiary/aromatic N) is 4. The summed E-state index contributed by atoms with van der Waals surface area (Å²) in [5, 5.41) is 14.7. The smallest absolute Gasteiger partial charge is 0.205 e. The first-order valence-corrected chi connectivity index (χ1v) is 13.6. The van der Waals surface area contributed by atoms with Gasteiger partial charge in [-0.1, -0.05) is 58.9 Å². The largest absolute Gasteiger partial charge is 0.410 e. The summed E-state index contributed by atoms with van der Waals surface area (Å²) >= 11 is 0. The molecule has 3 rings (SSSR count). The lowest BCUT2D eigenvalue weighted by Crippen LogP contribution is -2.26. The Morgan fingerprint density at radius 2 is 1.72 bits per heavy atom. The fourth-order valence-electron chi connectivity index (χ4n) is 3.91. The van der Waals surface area contributed by atoms with Crippen molar-refractivity contribution in [2.24, 2.45) is 5.41 Å². The van der Waals surface area contributed by atoms with Crippen LogP contribution >= 0.6 is 0 Å². The van der Waals surface area contributed by atoms with E-state index in [9.17, 15) is 5.26 Å². The second-order valence-corrected chi connectivity index (χ2v) is 12.7. The molecule has 0 saturated heterocycles. The fraction of sp³-hybridized carbons (Fsp3) is 0.500. The third-order valence-electron chi connectivity index (χ3n) is 5.60. The summed E-state index contributed by atoms with van der Waals surface area (Å²) in [7, 11) is -0.924. The van der Waals surface area contributed by atoms with Crippen molar-refractivity contribution in [1.82, 2.24) is 14.6 Å². The molecule has 0 saturated carbocycles. The zero-order chi connectivity index (χ0) is 23.8. The molecule has 2 aromatic heterocycles. The van der Waals surface area contributed by atoms with Gasteiger partial charge in [0, 0.05) is 17.7 Å². The third kappa shape index (κ3) is 4.79. The first kappa shape index (κ1) is 24.2. The minimum atomic E-state index is -0.924. The van der Waals surface area contributed by atoms with Gasteiger partial charge in [-0.2, -0.15) is 10.4 Å². The van der Waals surface area contributed by atoms with Gasteiger partial charge in [-0.25, -0.2) is 9.50 Å². The van der Waals surface area contributed by atoms with Crippen molar-refractivity contribution >= 4 is 14.7 Å². The van der Waals surface area contributed by atoms with Gasteiger partial charge in [0.1, 0.15) is 0 Å². The molecule has 0 fully saturated rings. The molecule has 0 N–H and O–H groups in total. The summed E-state index contributed by atoms with van der Waals surface area (Å²) in [6, 6.07) is 12.8. The number of rotatable bonds is 6. The molecule has 1 aromatic carbocycles. The number of nitriles is 1. The molecule has 3 aromatic rings. The van der Waals surface area contributed by atoms with Crippen molar-refractivity contribution in [3.8, 4) is 17.2 Å². The summed E-state index contributed by atoms with van der Waals surface area (Å²) in [6.07, 6.45) is 1.99. The normalized spacial score (nSPS) is 13.7. The van der Waals surface area contributed by atoms with Crippen LogP contribution in [0.1, 0.15) is 77.4 Å². The zero-order valence-electron chi connectivity index (χ0n) is 20.8. The molecule has 0 bridgehead atoms. The van der Waals surface area contributed by atoms with E-state index in [1.807, 2.05) is 36.6 Å². The molecule has 169 valence electrons. The standard InChI is InChI=1S/C26H35N4OSi/c1-17(2)23-28-24-20(19-12-10-11-13-21(19)26(6,7)16-27)14-18(15-30(24)29-23)22(25(3,4)5)31-32(8)9/h10-15,17,22H,1-9H3. The maximum absolute atomic E-state index is 9.86. The van der Waals surface area contributed by atoms with Crippen LogP contribution in [0.25, 0.3) is 16.8 Å². The molecule has 1 atom stereocenters. The Morgan fingerprint density at radius 3 is 2.28 bits per heavy atom. The Hall–Kier alpha value is -2.49. The van der Waals surface area contributed by atoms with Gasteiger partial charge >= 0.3 is 0 Å². The maximum atomic E-state index is 9.86. The lowest BCUT2D eigenvalue weighted by atomic mass is 9.80. The molecular weight excluding hydrogens is 412 g/mol. The van der Waals surface area contributed by atoms with Crippen molar-refractivity contribution in [2.45, 2.75) is 79.0 Å². The van der Waals surface area contributed by atoms with Crippen molar-refractivity contribution in [3.63, 3.8) is 0 Å². The second kappa shape index (κ2) is 8.80. The lowest BCUT2D eigenvalue weighted by molar-refractivity contribution is 0.0862. The molecule has 5 nitrogen and oxygen atoms in total. The van der Waals surface area contributed by atoms with Crippen LogP contribution in [0, 0.1) is 16.7 Å². The average Bonchev–Trinajstić information content (AvgIpc) is 3.15. The predicted octanol–water partition coefficient (Wildman–Crippen LogP) is 6.68. The molecule has 0 aliphatic rings. The van der Waals surface area contributed by atoms with Crippen LogP contribution in [0.2, 0.25) is 13.1 Å². The lowest BCUT2D eigenvalue weighted by Gasteiger charge is -2.33. The van der Waals surface area contributed by atoms with E-state index in [1.54, 1.807) is 0 Å². The third-order valence-corrected chi connectivity index (χ3v) is 6.31. The molecule has 1 unspecified atom stereocenters. The molecule has 32 heavy (non-hydrogen) atoms. The Labute approximate surface area is 194 Å². The number of benzene rings is 1. The highest BCUT2D eigenvalue weighted by Gasteiger charge is 2.31. The highest BCUT2D eigenvalue weighted by molar-refractivity contribution is 6.48. The van der Waals surface area contributed by atoms with Crippen LogP contribution < -0.4 is 0 Å². The summed E-state index contributed by atoms with van der Waals surface area (Å²) in [4.78, 5) is 4.90. The highest BCUT2D eigenvalue weighted by Crippen LogP contribution is 2.41.